The van der Waals surface area contributed by atoms with Gasteiger partial charge in [0.05, 0.1) is 16.3 Å². The standard InChI is InChI=1S/C17H19ClN2O/c1-11-7-5-6-8-12(11)15-9-14(18)13(10-19-15)16(21)20-17(2,3)4/h5-10H,1-4H3,(H,20,21). The number of carbonyl (C=O) groups excluding carboxylic acids is 1. The molecule has 110 valence electrons. The lowest BCUT2D eigenvalue weighted by Gasteiger charge is -2.20. The van der Waals surface area contributed by atoms with E-state index in [9.17, 15) is 4.79 Å². The highest BCUT2D eigenvalue weighted by molar-refractivity contribution is 6.34. The number of aryl methyl sites for hydroxylation is 1. The minimum atomic E-state index is -0.310. The molecule has 0 aliphatic rings. The maximum atomic E-state index is 12.2. The van der Waals surface area contributed by atoms with Gasteiger partial charge in [0.15, 0.2) is 0 Å². The Morgan fingerprint density at radius 3 is 2.48 bits per heavy atom. The van der Waals surface area contributed by atoms with Crippen molar-refractivity contribution in [3.8, 4) is 11.3 Å². The van der Waals surface area contributed by atoms with Crippen LogP contribution >= 0.6 is 11.6 Å². The molecule has 21 heavy (non-hydrogen) atoms. The number of nitrogens with one attached hydrogen (secondary N) is 1. The Kier molecular flexibility index (Phi) is 4.33. The van der Waals surface area contributed by atoms with Crippen LogP contribution in [0, 0.1) is 6.92 Å². The first-order valence-electron chi connectivity index (χ1n) is 6.82. The molecule has 0 radical (unpaired) electrons. The summed E-state index contributed by atoms with van der Waals surface area (Å²) in [6, 6.07) is 9.68. The summed E-state index contributed by atoms with van der Waals surface area (Å²) in [5.41, 5.74) is 2.99. The number of benzene rings is 1. The van der Waals surface area contributed by atoms with Crippen molar-refractivity contribution in [2.24, 2.45) is 0 Å². The van der Waals surface area contributed by atoms with Gasteiger partial charge in [0.2, 0.25) is 0 Å². The average Bonchev–Trinajstić information content (AvgIpc) is 2.37. The molecule has 0 saturated carbocycles. The maximum absolute atomic E-state index is 12.2. The minimum Gasteiger partial charge on any atom is -0.347 e. The van der Waals surface area contributed by atoms with Gasteiger partial charge in [-0.3, -0.25) is 9.78 Å². The molecular weight excluding hydrogens is 284 g/mol. The summed E-state index contributed by atoms with van der Waals surface area (Å²) in [7, 11) is 0. The highest BCUT2D eigenvalue weighted by Gasteiger charge is 2.18. The van der Waals surface area contributed by atoms with Crippen molar-refractivity contribution in [1.29, 1.82) is 0 Å². The van der Waals surface area contributed by atoms with Crippen molar-refractivity contribution in [2.45, 2.75) is 33.2 Å². The van der Waals surface area contributed by atoms with E-state index in [0.717, 1.165) is 16.8 Å². The Bertz CT molecular complexity index is 675. The molecule has 1 heterocycles. The van der Waals surface area contributed by atoms with E-state index >= 15 is 0 Å². The molecule has 0 aliphatic carbocycles. The van der Waals surface area contributed by atoms with Crippen LogP contribution in [0.25, 0.3) is 11.3 Å². The van der Waals surface area contributed by atoms with Gasteiger partial charge in [-0.15, -0.1) is 0 Å². The summed E-state index contributed by atoms with van der Waals surface area (Å²) in [4.78, 5) is 16.5. The Balaban J connectivity index is 2.34. The summed E-state index contributed by atoms with van der Waals surface area (Å²) in [6.07, 6.45) is 1.53. The molecule has 4 heteroatoms. The summed E-state index contributed by atoms with van der Waals surface area (Å²) < 4.78 is 0. The van der Waals surface area contributed by atoms with E-state index in [1.807, 2.05) is 52.0 Å². The van der Waals surface area contributed by atoms with Crippen molar-refractivity contribution in [1.82, 2.24) is 10.3 Å². The molecule has 0 fully saturated rings. The number of carbonyl (C=O) groups is 1. The Hall–Kier alpha value is -1.87. The molecule has 1 N–H and O–H groups in total. The molecule has 0 saturated heterocycles. The topological polar surface area (TPSA) is 42.0 Å². The van der Waals surface area contributed by atoms with E-state index < -0.39 is 0 Å². The Morgan fingerprint density at radius 2 is 1.90 bits per heavy atom. The van der Waals surface area contributed by atoms with Crippen LogP contribution in [0.2, 0.25) is 5.02 Å². The fraction of sp³-hybridized carbons (Fsp3) is 0.294. The first-order valence-corrected chi connectivity index (χ1v) is 7.20. The third-order valence-electron chi connectivity index (χ3n) is 3.01. The van der Waals surface area contributed by atoms with E-state index in [2.05, 4.69) is 10.3 Å². The molecule has 0 atom stereocenters. The maximum Gasteiger partial charge on any atom is 0.254 e. The zero-order chi connectivity index (χ0) is 15.6. The van der Waals surface area contributed by atoms with Gasteiger partial charge >= 0.3 is 0 Å². The van der Waals surface area contributed by atoms with Crippen LogP contribution in [0.4, 0.5) is 0 Å². The van der Waals surface area contributed by atoms with Crippen LogP contribution in [0.1, 0.15) is 36.7 Å². The lowest BCUT2D eigenvalue weighted by molar-refractivity contribution is 0.0919. The number of nitrogens with zero attached hydrogens (tertiary/aromatic N) is 1. The summed E-state index contributed by atoms with van der Waals surface area (Å²) >= 11 is 6.25. The predicted octanol–water partition coefficient (Wildman–Crippen LogP) is 4.24. The molecule has 0 aliphatic heterocycles. The molecule has 0 bridgehead atoms. The largest absolute Gasteiger partial charge is 0.347 e. The average molecular weight is 303 g/mol. The number of amides is 1. The van der Waals surface area contributed by atoms with Crippen LogP contribution in [-0.2, 0) is 0 Å². The second-order valence-electron chi connectivity index (χ2n) is 6.07. The summed E-state index contributed by atoms with van der Waals surface area (Å²) in [5.74, 6) is -0.212. The number of hydrogen-bond acceptors (Lipinski definition) is 2. The van der Waals surface area contributed by atoms with E-state index in [1.54, 1.807) is 6.07 Å². The normalized spacial score (nSPS) is 11.3. The molecule has 0 unspecified atom stereocenters. The van der Waals surface area contributed by atoms with Gasteiger partial charge in [0.1, 0.15) is 0 Å². The first-order chi connectivity index (χ1) is 9.78. The second-order valence-corrected chi connectivity index (χ2v) is 6.48. The van der Waals surface area contributed by atoms with Gasteiger partial charge in [0.25, 0.3) is 5.91 Å². The zero-order valence-corrected chi connectivity index (χ0v) is 13.5. The minimum absolute atomic E-state index is 0.212. The molecule has 3 nitrogen and oxygen atoms in total. The third-order valence-corrected chi connectivity index (χ3v) is 3.32. The predicted molar refractivity (Wildman–Crippen MR) is 86.6 cm³/mol. The molecule has 0 spiro atoms. The zero-order valence-electron chi connectivity index (χ0n) is 12.7. The van der Waals surface area contributed by atoms with Gasteiger partial charge in [-0.2, -0.15) is 0 Å². The number of rotatable bonds is 2. The fourth-order valence-electron chi connectivity index (χ4n) is 2.01. The Labute approximate surface area is 130 Å². The van der Waals surface area contributed by atoms with Crippen LogP contribution in [0.3, 0.4) is 0 Å². The van der Waals surface area contributed by atoms with E-state index in [1.165, 1.54) is 6.20 Å². The third kappa shape index (κ3) is 3.82. The van der Waals surface area contributed by atoms with Gasteiger partial charge in [-0.1, -0.05) is 35.9 Å². The van der Waals surface area contributed by atoms with Crippen LogP contribution in [-0.4, -0.2) is 16.4 Å². The number of hydrogen-bond donors (Lipinski definition) is 1. The molecule has 1 amide bonds. The molecular formula is C17H19ClN2O. The van der Waals surface area contributed by atoms with Crippen LogP contribution in [0.15, 0.2) is 36.5 Å². The fourth-order valence-corrected chi connectivity index (χ4v) is 2.25. The van der Waals surface area contributed by atoms with Crippen molar-refractivity contribution in [2.75, 3.05) is 0 Å². The number of aromatic nitrogens is 1. The van der Waals surface area contributed by atoms with Gasteiger partial charge in [0, 0.05) is 17.3 Å². The van der Waals surface area contributed by atoms with E-state index in [0.29, 0.717) is 10.6 Å². The Morgan fingerprint density at radius 1 is 1.24 bits per heavy atom. The first kappa shape index (κ1) is 15.5. The van der Waals surface area contributed by atoms with E-state index in [-0.39, 0.29) is 11.4 Å². The van der Waals surface area contributed by atoms with Gasteiger partial charge in [-0.05, 0) is 39.3 Å². The number of pyridine rings is 1. The smallest absolute Gasteiger partial charge is 0.254 e. The molecule has 1 aromatic carbocycles. The monoisotopic (exact) mass is 302 g/mol. The van der Waals surface area contributed by atoms with Gasteiger partial charge < -0.3 is 5.32 Å². The van der Waals surface area contributed by atoms with Crippen molar-refractivity contribution < 1.29 is 4.79 Å². The second kappa shape index (κ2) is 5.86. The SMILES string of the molecule is Cc1ccccc1-c1cc(Cl)c(C(=O)NC(C)(C)C)cn1. The highest BCUT2D eigenvalue weighted by atomic mass is 35.5. The summed E-state index contributed by atoms with van der Waals surface area (Å²) in [6.45, 7) is 7.79. The van der Waals surface area contributed by atoms with Crippen molar-refractivity contribution in [3.05, 3.63) is 52.7 Å². The van der Waals surface area contributed by atoms with Crippen LogP contribution in [0.5, 0.6) is 0 Å². The van der Waals surface area contributed by atoms with E-state index in [4.69, 9.17) is 11.6 Å². The lowest BCUT2D eigenvalue weighted by atomic mass is 10.0. The molecule has 2 rings (SSSR count). The molecule has 1 aromatic heterocycles. The number of halogens is 1. The quantitative estimate of drug-likeness (QED) is 0.901. The highest BCUT2D eigenvalue weighted by Crippen LogP contribution is 2.25. The van der Waals surface area contributed by atoms with Gasteiger partial charge in [-0.25, -0.2) is 0 Å². The molecule has 2 aromatic rings. The van der Waals surface area contributed by atoms with Crippen molar-refractivity contribution in [3.63, 3.8) is 0 Å². The lowest BCUT2D eigenvalue weighted by Crippen LogP contribution is -2.40. The van der Waals surface area contributed by atoms with Crippen LogP contribution < -0.4 is 5.32 Å². The van der Waals surface area contributed by atoms with Crippen molar-refractivity contribution >= 4 is 17.5 Å². The summed E-state index contributed by atoms with van der Waals surface area (Å²) in [5, 5.41) is 3.29.